The van der Waals surface area contributed by atoms with E-state index in [1.165, 1.54) is 12.1 Å². The highest BCUT2D eigenvalue weighted by molar-refractivity contribution is 6.30. The van der Waals surface area contributed by atoms with Crippen LogP contribution < -0.4 is 10.1 Å². The fourth-order valence-corrected chi connectivity index (χ4v) is 1.95. The standard InChI is InChI=1S/C16H18ClFN2O/c1-11(2)9-19-10-12-7-14(5-6-20-12)21-13-3-4-16(18)15(17)8-13/h3-8,11,19H,9-10H2,1-2H3. The van der Waals surface area contributed by atoms with Crippen LogP contribution >= 0.6 is 11.6 Å². The Balaban J connectivity index is 2.01. The molecule has 0 unspecified atom stereocenters. The quantitative estimate of drug-likeness (QED) is 0.858. The lowest BCUT2D eigenvalue weighted by molar-refractivity contribution is 0.477. The molecule has 0 atom stereocenters. The Labute approximate surface area is 129 Å². The molecule has 0 aliphatic carbocycles. The first-order valence-corrected chi connectivity index (χ1v) is 7.21. The van der Waals surface area contributed by atoms with Gasteiger partial charge >= 0.3 is 0 Å². The molecule has 0 spiro atoms. The molecular weight excluding hydrogens is 291 g/mol. The van der Waals surface area contributed by atoms with Crippen molar-refractivity contribution >= 4 is 11.6 Å². The van der Waals surface area contributed by atoms with Gasteiger partial charge < -0.3 is 10.1 Å². The molecule has 2 rings (SSSR count). The molecule has 112 valence electrons. The summed E-state index contributed by atoms with van der Waals surface area (Å²) in [6.45, 7) is 5.91. The second-order valence-corrected chi connectivity index (χ2v) is 5.59. The van der Waals surface area contributed by atoms with Gasteiger partial charge in [-0.25, -0.2) is 4.39 Å². The van der Waals surface area contributed by atoms with Crippen molar-refractivity contribution in [3.05, 3.63) is 53.1 Å². The van der Waals surface area contributed by atoms with Crippen molar-refractivity contribution in [2.24, 2.45) is 5.92 Å². The molecule has 0 bridgehead atoms. The van der Waals surface area contributed by atoms with Gasteiger partial charge in [0.05, 0.1) is 10.7 Å². The van der Waals surface area contributed by atoms with E-state index >= 15 is 0 Å². The first-order chi connectivity index (χ1) is 10.0. The summed E-state index contributed by atoms with van der Waals surface area (Å²) in [5.74, 6) is 1.27. The third-order valence-electron chi connectivity index (χ3n) is 2.77. The zero-order chi connectivity index (χ0) is 15.2. The van der Waals surface area contributed by atoms with Gasteiger partial charge in [0.25, 0.3) is 0 Å². The predicted molar refractivity (Wildman–Crippen MR) is 82.3 cm³/mol. The van der Waals surface area contributed by atoms with Gasteiger partial charge in [-0.05, 0) is 30.7 Å². The summed E-state index contributed by atoms with van der Waals surface area (Å²) in [6, 6.07) is 7.88. The summed E-state index contributed by atoms with van der Waals surface area (Å²) < 4.78 is 18.8. The third-order valence-corrected chi connectivity index (χ3v) is 3.06. The molecule has 1 aromatic heterocycles. The molecule has 1 heterocycles. The number of ether oxygens (including phenoxy) is 1. The van der Waals surface area contributed by atoms with Crippen LogP contribution in [0.2, 0.25) is 5.02 Å². The minimum Gasteiger partial charge on any atom is -0.457 e. The van der Waals surface area contributed by atoms with Crippen molar-refractivity contribution in [1.82, 2.24) is 10.3 Å². The van der Waals surface area contributed by atoms with Crippen LogP contribution in [-0.2, 0) is 6.54 Å². The van der Waals surface area contributed by atoms with E-state index in [1.807, 2.05) is 6.07 Å². The van der Waals surface area contributed by atoms with E-state index < -0.39 is 5.82 Å². The van der Waals surface area contributed by atoms with E-state index in [0.29, 0.717) is 24.0 Å². The molecule has 2 aromatic rings. The summed E-state index contributed by atoms with van der Waals surface area (Å²) in [5.41, 5.74) is 0.890. The molecule has 0 fully saturated rings. The zero-order valence-electron chi connectivity index (χ0n) is 12.1. The second kappa shape index (κ2) is 7.38. The minimum atomic E-state index is -0.461. The molecule has 21 heavy (non-hydrogen) atoms. The molecule has 0 saturated heterocycles. The fourth-order valence-electron chi connectivity index (χ4n) is 1.78. The van der Waals surface area contributed by atoms with Crippen LogP contribution in [0, 0.1) is 11.7 Å². The van der Waals surface area contributed by atoms with Gasteiger partial charge in [-0.2, -0.15) is 0 Å². The number of pyridine rings is 1. The Hall–Kier alpha value is -1.65. The normalized spacial score (nSPS) is 10.9. The third kappa shape index (κ3) is 4.99. The smallest absolute Gasteiger partial charge is 0.142 e. The molecule has 0 aliphatic rings. The molecule has 0 aliphatic heterocycles. The first-order valence-electron chi connectivity index (χ1n) is 6.83. The molecule has 5 heteroatoms. The Bertz CT molecular complexity index is 605. The van der Waals surface area contributed by atoms with Gasteiger partial charge in [0.2, 0.25) is 0 Å². The molecule has 1 N–H and O–H groups in total. The highest BCUT2D eigenvalue weighted by Gasteiger charge is 2.04. The summed E-state index contributed by atoms with van der Waals surface area (Å²) in [6.07, 6.45) is 1.69. The zero-order valence-corrected chi connectivity index (χ0v) is 12.8. The number of rotatable bonds is 6. The fraction of sp³-hybridized carbons (Fsp3) is 0.312. The van der Waals surface area contributed by atoms with Gasteiger partial charge in [0.1, 0.15) is 17.3 Å². The van der Waals surface area contributed by atoms with Gasteiger partial charge in [0, 0.05) is 24.9 Å². The van der Waals surface area contributed by atoms with Crippen molar-refractivity contribution < 1.29 is 9.13 Å². The first kappa shape index (κ1) is 15.7. The lowest BCUT2D eigenvalue weighted by Crippen LogP contribution is -2.19. The number of nitrogens with zero attached hydrogens (tertiary/aromatic N) is 1. The summed E-state index contributed by atoms with van der Waals surface area (Å²) >= 11 is 5.73. The average molecular weight is 309 g/mol. The van der Waals surface area contributed by atoms with E-state index in [2.05, 4.69) is 24.1 Å². The minimum absolute atomic E-state index is 0.0420. The van der Waals surface area contributed by atoms with E-state index in [1.54, 1.807) is 18.3 Å². The van der Waals surface area contributed by atoms with Crippen molar-refractivity contribution in [3.8, 4) is 11.5 Å². The summed E-state index contributed by atoms with van der Waals surface area (Å²) in [4.78, 5) is 4.28. The second-order valence-electron chi connectivity index (χ2n) is 5.19. The molecule has 0 radical (unpaired) electrons. The van der Waals surface area contributed by atoms with Gasteiger partial charge in [-0.1, -0.05) is 25.4 Å². The lowest BCUT2D eigenvalue weighted by atomic mass is 10.2. The van der Waals surface area contributed by atoms with Crippen LogP contribution in [0.25, 0.3) is 0 Å². The Morgan fingerprint density at radius 3 is 2.71 bits per heavy atom. The average Bonchev–Trinajstić information content (AvgIpc) is 2.43. The number of nitrogens with one attached hydrogen (secondary N) is 1. The lowest BCUT2D eigenvalue weighted by Gasteiger charge is -2.09. The van der Waals surface area contributed by atoms with Gasteiger partial charge in [-0.3, -0.25) is 4.98 Å². The Kier molecular flexibility index (Phi) is 5.53. The van der Waals surface area contributed by atoms with Crippen LogP contribution in [0.4, 0.5) is 4.39 Å². The van der Waals surface area contributed by atoms with Crippen LogP contribution in [0.15, 0.2) is 36.5 Å². The topological polar surface area (TPSA) is 34.1 Å². The van der Waals surface area contributed by atoms with Crippen molar-refractivity contribution in [1.29, 1.82) is 0 Å². The number of hydrogen-bond acceptors (Lipinski definition) is 3. The maximum absolute atomic E-state index is 13.1. The number of benzene rings is 1. The van der Waals surface area contributed by atoms with Crippen molar-refractivity contribution in [2.75, 3.05) is 6.54 Å². The summed E-state index contributed by atoms with van der Waals surface area (Å²) in [5, 5.41) is 3.36. The maximum atomic E-state index is 13.1. The van der Waals surface area contributed by atoms with Gasteiger partial charge in [-0.15, -0.1) is 0 Å². The van der Waals surface area contributed by atoms with E-state index in [-0.39, 0.29) is 5.02 Å². The monoisotopic (exact) mass is 308 g/mol. The number of halogens is 2. The highest BCUT2D eigenvalue weighted by Crippen LogP contribution is 2.26. The van der Waals surface area contributed by atoms with E-state index in [4.69, 9.17) is 16.3 Å². The van der Waals surface area contributed by atoms with E-state index in [9.17, 15) is 4.39 Å². The Morgan fingerprint density at radius 2 is 2.00 bits per heavy atom. The number of hydrogen-bond donors (Lipinski definition) is 1. The SMILES string of the molecule is CC(C)CNCc1cc(Oc2ccc(F)c(Cl)c2)ccn1. The van der Waals surface area contributed by atoms with E-state index in [0.717, 1.165) is 12.2 Å². The van der Waals surface area contributed by atoms with Crippen LogP contribution in [-0.4, -0.2) is 11.5 Å². The molecule has 0 amide bonds. The highest BCUT2D eigenvalue weighted by atomic mass is 35.5. The molecule has 0 saturated carbocycles. The molecular formula is C16H18ClFN2O. The summed E-state index contributed by atoms with van der Waals surface area (Å²) in [7, 11) is 0. The molecule has 1 aromatic carbocycles. The van der Waals surface area contributed by atoms with Crippen LogP contribution in [0.1, 0.15) is 19.5 Å². The van der Waals surface area contributed by atoms with Crippen LogP contribution in [0.3, 0.4) is 0 Å². The molecule has 3 nitrogen and oxygen atoms in total. The van der Waals surface area contributed by atoms with Crippen LogP contribution in [0.5, 0.6) is 11.5 Å². The van der Waals surface area contributed by atoms with Gasteiger partial charge in [0.15, 0.2) is 0 Å². The number of aromatic nitrogens is 1. The largest absolute Gasteiger partial charge is 0.457 e. The Morgan fingerprint density at radius 1 is 1.24 bits per heavy atom. The van der Waals surface area contributed by atoms with Crippen molar-refractivity contribution in [3.63, 3.8) is 0 Å². The maximum Gasteiger partial charge on any atom is 0.142 e. The van der Waals surface area contributed by atoms with Crippen molar-refractivity contribution in [2.45, 2.75) is 20.4 Å². The predicted octanol–water partition coefficient (Wildman–Crippen LogP) is 4.41.